The van der Waals surface area contributed by atoms with Crippen molar-refractivity contribution in [3.63, 3.8) is 0 Å². The Hall–Kier alpha value is -0.690. The molecule has 1 atom stereocenters. The van der Waals surface area contributed by atoms with Crippen molar-refractivity contribution in [1.29, 1.82) is 0 Å². The lowest BCUT2D eigenvalue weighted by Gasteiger charge is -2.29. The van der Waals surface area contributed by atoms with Gasteiger partial charge < -0.3 is 4.74 Å². The predicted octanol–water partition coefficient (Wildman–Crippen LogP) is 3.86. The van der Waals surface area contributed by atoms with Gasteiger partial charge >= 0.3 is 0 Å². The first-order valence-electron chi connectivity index (χ1n) is 5.11. The molecule has 0 aliphatic carbocycles. The minimum Gasteiger partial charge on any atom is -0.493 e. The van der Waals surface area contributed by atoms with Gasteiger partial charge in [0.15, 0.2) is 0 Å². The van der Waals surface area contributed by atoms with E-state index in [0.717, 1.165) is 23.8 Å². The zero-order valence-corrected chi connectivity index (χ0v) is 9.34. The van der Waals surface area contributed by atoms with Gasteiger partial charge in [-0.15, -0.1) is 0 Å². The molecule has 0 radical (unpaired) electrons. The van der Waals surface area contributed by atoms with Crippen molar-refractivity contribution >= 4 is 11.6 Å². The summed E-state index contributed by atoms with van der Waals surface area (Å²) in [6.07, 6.45) is 1.08. The Morgan fingerprint density at radius 1 is 1.43 bits per heavy atom. The molecule has 0 fully saturated rings. The fourth-order valence-corrected chi connectivity index (χ4v) is 2.42. The second-order valence-corrected chi connectivity index (χ2v) is 4.55. The van der Waals surface area contributed by atoms with Gasteiger partial charge in [-0.3, -0.25) is 0 Å². The number of rotatable bonds is 1. The van der Waals surface area contributed by atoms with E-state index in [0.29, 0.717) is 11.8 Å². The summed E-state index contributed by atoms with van der Waals surface area (Å²) in [5.41, 5.74) is 1.20. The van der Waals surface area contributed by atoms with Crippen LogP contribution in [0.5, 0.6) is 5.75 Å². The molecule has 1 nitrogen and oxygen atoms in total. The average molecular weight is 211 g/mol. The summed E-state index contributed by atoms with van der Waals surface area (Å²) in [4.78, 5) is 0. The molecule has 0 unspecified atom stereocenters. The van der Waals surface area contributed by atoms with Crippen LogP contribution >= 0.6 is 11.6 Å². The van der Waals surface area contributed by atoms with Crippen molar-refractivity contribution in [3.05, 3.63) is 28.8 Å². The summed E-state index contributed by atoms with van der Waals surface area (Å²) >= 11 is 6.20. The Kier molecular flexibility index (Phi) is 2.69. The number of halogens is 1. The topological polar surface area (TPSA) is 9.23 Å². The Balaban J connectivity index is 2.47. The molecule has 14 heavy (non-hydrogen) atoms. The average Bonchev–Trinajstić information content (AvgIpc) is 2.17. The lowest BCUT2D eigenvalue weighted by molar-refractivity contribution is 0.247. The van der Waals surface area contributed by atoms with Crippen LogP contribution in [0, 0.1) is 5.92 Å². The zero-order chi connectivity index (χ0) is 10.1. The van der Waals surface area contributed by atoms with E-state index in [1.54, 1.807) is 0 Å². The number of hydrogen-bond donors (Lipinski definition) is 0. The van der Waals surface area contributed by atoms with E-state index in [-0.39, 0.29) is 0 Å². The molecule has 76 valence electrons. The third kappa shape index (κ3) is 1.61. The summed E-state index contributed by atoms with van der Waals surface area (Å²) < 4.78 is 5.60. The Bertz CT molecular complexity index is 333. The van der Waals surface area contributed by atoms with E-state index >= 15 is 0 Å². The predicted molar refractivity (Wildman–Crippen MR) is 59.1 cm³/mol. The minimum absolute atomic E-state index is 0.549. The molecule has 0 N–H and O–H groups in total. The molecular formula is C12H15ClO. The number of hydrogen-bond acceptors (Lipinski definition) is 1. The van der Waals surface area contributed by atoms with Gasteiger partial charge in [0.2, 0.25) is 0 Å². The quantitative estimate of drug-likeness (QED) is 0.684. The second kappa shape index (κ2) is 3.82. The van der Waals surface area contributed by atoms with Gasteiger partial charge in [0.1, 0.15) is 5.75 Å². The van der Waals surface area contributed by atoms with Gasteiger partial charge in [0.25, 0.3) is 0 Å². The van der Waals surface area contributed by atoms with E-state index in [1.165, 1.54) is 5.56 Å². The van der Waals surface area contributed by atoms with Gasteiger partial charge in [-0.1, -0.05) is 31.5 Å². The molecule has 0 spiro atoms. The first-order valence-corrected chi connectivity index (χ1v) is 5.49. The summed E-state index contributed by atoms with van der Waals surface area (Å²) in [5.74, 6) is 2.15. The summed E-state index contributed by atoms with van der Waals surface area (Å²) in [5, 5.41) is 0.848. The molecule has 0 amide bonds. The summed E-state index contributed by atoms with van der Waals surface area (Å²) in [6, 6.07) is 5.91. The highest BCUT2D eigenvalue weighted by molar-refractivity contribution is 6.31. The fourth-order valence-electron chi connectivity index (χ4n) is 2.11. The Morgan fingerprint density at radius 2 is 2.21 bits per heavy atom. The highest BCUT2D eigenvalue weighted by Crippen LogP contribution is 2.41. The van der Waals surface area contributed by atoms with E-state index in [2.05, 4.69) is 13.8 Å². The molecule has 0 aromatic heterocycles. The SMILES string of the molecule is CC(C)[C@H]1CCOc2cccc(Cl)c21. The van der Waals surface area contributed by atoms with Crippen LogP contribution in [0.4, 0.5) is 0 Å². The lowest BCUT2D eigenvalue weighted by Crippen LogP contribution is -2.18. The molecule has 1 aliphatic rings. The summed E-state index contributed by atoms with van der Waals surface area (Å²) in [6.45, 7) is 5.29. The molecule has 1 aromatic rings. The summed E-state index contributed by atoms with van der Waals surface area (Å²) in [7, 11) is 0. The monoisotopic (exact) mass is 210 g/mol. The maximum absolute atomic E-state index is 6.20. The lowest BCUT2D eigenvalue weighted by atomic mass is 9.84. The van der Waals surface area contributed by atoms with Gasteiger partial charge in [-0.2, -0.15) is 0 Å². The minimum atomic E-state index is 0.549. The number of ether oxygens (including phenoxy) is 1. The van der Waals surface area contributed by atoms with Crippen LogP contribution in [0.2, 0.25) is 5.02 Å². The van der Waals surface area contributed by atoms with Crippen molar-refractivity contribution in [2.75, 3.05) is 6.61 Å². The molecule has 1 aliphatic heterocycles. The highest BCUT2D eigenvalue weighted by Gasteiger charge is 2.25. The molecule has 1 heterocycles. The maximum Gasteiger partial charge on any atom is 0.124 e. The standard InChI is InChI=1S/C12H15ClO/c1-8(2)9-6-7-14-11-5-3-4-10(13)12(9)11/h3-5,8-9H,6-7H2,1-2H3/t9-/m1/s1. The Labute approximate surface area is 90.0 Å². The molecule has 2 rings (SSSR count). The van der Waals surface area contributed by atoms with Crippen LogP contribution in [0.3, 0.4) is 0 Å². The van der Waals surface area contributed by atoms with Crippen LogP contribution in [0.1, 0.15) is 31.7 Å². The van der Waals surface area contributed by atoms with Crippen molar-refractivity contribution in [1.82, 2.24) is 0 Å². The van der Waals surface area contributed by atoms with Gasteiger partial charge in [-0.05, 0) is 30.4 Å². The van der Waals surface area contributed by atoms with E-state index in [1.807, 2.05) is 18.2 Å². The number of fused-ring (bicyclic) bond motifs is 1. The van der Waals surface area contributed by atoms with Gasteiger partial charge in [-0.25, -0.2) is 0 Å². The van der Waals surface area contributed by atoms with E-state index < -0.39 is 0 Å². The Morgan fingerprint density at radius 3 is 2.93 bits per heavy atom. The molecule has 0 saturated carbocycles. The maximum atomic E-state index is 6.20. The largest absolute Gasteiger partial charge is 0.493 e. The van der Waals surface area contributed by atoms with Crippen molar-refractivity contribution in [3.8, 4) is 5.75 Å². The third-order valence-electron chi connectivity index (χ3n) is 2.87. The molecule has 1 aromatic carbocycles. The number of benzene rings is 1. The molecular weight excluding hydrogens is 196 g/mol. The van der Waals surface area contributed by atoms with Crippen LogP contribution in [0.15, 0.2) is 18.2 Å². The van der Waals surface area contributed by atoms with Gasteiger partial charge in [0.05, 0.1) is 6.61 Å². The highest BCUT2D eigenvalue weighted by atomic mass is 35.5. The van der Waals surface area contributed by atoms with Crippen molar-refractivity contribution in [2.45, 2.75) is 26.2 Å². The second-order valence-electron chi connectivity index (χ2n) is 4.14. The first kappa shape index (κ1) is 9.85. The van der Waals surface area contributed by atoms with E-state index in [9.17, 15) is 0 Å². The first-order chi connectivity index (χ1) is 6.70. The van der Waals surface area contributed by atoms with Crippen LogP contribution in [-0.2, 0) is 0 Å². The third-order valence-corrected chi connectivity index (χ3v) is 3.20. The van der Waals surface area contributed by atoms with Crippen molar-refractivity contribution < 1.29 is 4.74 Å². The normalized spacial score (nSPS) is 20.4. The molecule has 2 heteroatoms. The molecule has 0 saturated heterocycles. The molecule has 0 bridgehead atoms. The van der Waals surface area contributed by atoms with Crippen molar-refractivity contribution in [2.24, 2.45) is 5.92 Å². The van der Waals surface area contributed by atoms with Crippen LogP contribution < -0.4 is 4.74 Å². The van der Waals surface area contributed by atoms with Gasteiger partial charge in [0, 0.05) is 10.6 Å². The fraction of sp³-hybridized carbons (Fsp3) is 0.500. The smallest absolute Gasteiger partial charge is 0.124 e. The van der Waals surface area contributed by atoms with Crippen LogP contribution in [0.25, 0.3) is 0 Å². The van der Waals surface area contributed by atoms with E-state index in [4.69, 9.17) is 16.3 Å². The zero-order valence-electron chi connectivity index (χ0n) is 8.59. The van der Waals surface area contributed by atoms with Crippen LogP contribution in [-0.4, -0.2) is 6.61 Å².